The maximum absolute atomic E-state index is 13.6. The number of ether oxygens (including phenoxy) is 1. The molecule has 0 bridgehead atoms. The molecule has 1 aromatic carbocycles. The number of benzene rings is 1. The third-order valence-corrected chi connectivity index (χ3v) is 3.27. The maximum Gasteiger partial charge on any atom is 0.129 e. The molecule has 0 saturated carbocycles. The Hall–Kier alpha value is -0.930. The standard InChI is InChI=1S/C13H17FO2/c1-2-10-9-13(15,7-8-16-10)11-5-3-4-6-12(11)14/h3-6,10,15H,2,7-9H2,1H3. The summed E-state index contributed by atoms with van der Waals surface area (Å²) < 4.78 is 19.2. The fourth-order valence-corrected chi connectivity index (χ4v) is 2.28. The maximum atomic E-state index is 13.6. The number of halogens is 1. The lowest BCUT2D eigenvalue weighted by Gasteiger charge is -2.37. The first-order chi connectivity index (χ1) is 7.65. The van der Waals surface area contributed by atoms with Crippen LogP contribution in [0.25, 0.3) is 0 Å². The van der Waals surface area contributed by atoms with E-state index in [1.807, 2.05) is 6.92 Å². The van der Waals surface area contributed by atoms with E-state index >= 15 is 0 Å². The Morgan fingerprint density at radius 2 is 2.25 bits per heavy atom. The van der Waals surface area contributed by atoms with Crippen molar-refractivity contribution in [3.8, 4) is 0 Å². The van der Waals surface area contributed by atoms with Crippen LogP contribution in [-0.2, 0) is 10.3 Å². The zero-order valence-electron chi connectivity index (χ0n) is 9.45. The van der Waals surface area contributed by atoms with E-state index in [2.05, 4.69) is 0 Å². The van der Waals surface area contributed by atoms with Crippen LogP contribution in [0.3, 0.4) is 0 Å². The van der Waals surface area contributed by atoms with Crippen molar-refractivity contribution < 1.29 is 14.2 Å². The molecule has 2 unspecified atom stereocenters. The first-order valence-electron chi connectivity index (χ1n) is 5.75. The third kappa shape index (κ3) is 2.11. The Kier molecular flexibility index (Phi) is 3.26. The molecule has 1 saturated heterocycles. The van der Waals surface area contributed by atoms with Crippen LogP contribution < -0.4 is 0 Å². The summed E-state index contributed by atoms with van der Waals surface area (Å²) in [6, 6.07) is 6.45. The molecule has 0 aliphatic carbocycles. The summed E-state index contributed by atoms with van der Waals surface area (Å²) in [6.45, 7) is 2.50. The van der Waals surface area contributed by atoms with E-state index in [0.717, 1.165) is 6.42 Å². The van der Waals surface area contributed by atoms with Crippen LogP contribution in [0.15, 0.2) is 24.3 Å². The van der Waals surface area contributed by atoms with Gasteiger partial charge in [-0.05, 0) is 12.5 Å². The molecule has 0 amide bonds. The van der Waals surface area contributed by atoms with Gasteiger partial charge in [-0.3, -0.25) is 0 Å². The highest BCUT2D eigenvalue weighted by atomic mass is 19.1. The van der Waals surface area contributed by atoms with E-state index in [1.54, 1.807) is 18.2 Å². The van der Waals surface area contributed by atoms with Gasteiger partial charge in [-0.25, -0.2) is 4.39 Å². The van der Waals surface area contributed by atoms with Gasteiger partial charge in [0.1, 0.15) is 5.82 Å². The van der Waals surface area contributed by atoms with E-state index in [4.69, 9.17) is 4.74 Å². The second kappa shape index (κ2) is 4.52. The number of hydrogen-bond donors (Lipinski definition) is 1. The smallest absolute Gasteiger partial charge is 0.129 e. The highest BCUT2D eigenvalue weighted by molar-refractivity contribution is 5.25. The highest BCUT2D eigenvalue weighted by Crippen LogP contribution is 2.36. The molecule has 3 heteroatoms. The molecule has 1 aliphatic heterocycles. The first-order valence-corrected chi connectivity index (χ1v) is 5.75. The Labute approximate surface area is 95.1 Å². The van der Waals surface area contributed by atoms with Crippen LogP contribution in [0.5, 0.6) is 0 Å². The minimum absolute atomic E-state index is 0.0263. The summed E-state index contributed by atoms with van der Waals surface area (Å²) in [4.78, 5) is 0. The van der Waals surface area contributed by atoms with Crippen LogP contribution in [-0.4, -0.2) is 17.8 Å². The number of hydrogen-bond acceptors (Lipinski definition) is 2. The van der Waals surface area contributed by atoms with Gasteiger partial charge in [0.05, 0.1) is 18.3 Å². The molecule has 1 fully saturated rings. The number of aliphatic hydroxyl groups is 1. The number of rotatable bonds is 2. The van der Waals surface area contributed by atoms with Crippen molar-refractivity contribution in [1.82, 2.24) is 0 Å². The van der Waals surface area contributed by atoms with E-state index in [9.17, 15) is 9.50 Å². The lowest BCUT2D eigenvalue weighted by atomic mass is 9.83. The lowest BCUT2D eigenvalue weighted by molar-refractivity contribution is -0.110. The van der Waals surface area contributed by atoms with Gasteiger partial charge in [0.2, 0.25) is 0 Å². The topological polar surface area (TPSA) is 29.5 Å². The second-order valence-corrected chi connectivity index (χ2v) is 4.37. The largest absolute Gasteiger partial charge is 0.385 e. The third-order valence-electron chi connectivity index (χ3n) is 3.27. The predicted octanol–water partition coefficient (Wildman–Crippen LogP) is 2.60. The summed E-state index contributed by atoms with van der Waals surface area (Å²) in [5, 5.41) is 10.5. The van der Waals surface area contributed by atoms with E-state index in [0.29, 0.717) is 25.0 Å². The van der Waals surface area contributed by atoms with Crippen LogP contribution >= 0.6 is 0 Å². The van der Waals surface area contributed by atoms with Gasteiger partial charge < -0.3 is 9.84 Å². The zero-order valence-corrected chi connectivity index (χ0v) is 9.45. The molecule has 0 spiro atoms. The lowest BCUT2D eigenvalue weighted by Crippen LogP contribution is -2.39. The van der Waals surface area contributed by atoms with Crippen molar-refractivity contribution in [3.05, 3.63) is 35.6 Å². The summed E-state index contributed by atoms with van der Waals surface area (Å²) >= 11 is 0. The minimum Gasteiger partial charge on any atom is -0.385 e. The van der Waals surface area contributed by atoms with E-state index in [1.165, 1.54) is 6.07 Å². The fourth-order valence-electron chi connectivity index (χ4n) is 2.28. The van der Waals surface area contributed by atoms with Gasteiger partial charge in [-0.15, -0.1) is 0 Å². The van der Waals surface area contributed by atoms with Crippen molar-refractivity contribution in [3.63, 3.8) is 0 Å². The van der Waals surface area contributed by atoms with Gasteiger partial charge in [0, 0.05) is 18.4 Å². The Bertz CT molecular complexity index is 367. The Balaban J connectivity index is 2.27. The van der Waals surface area contributed by atoms with Gasteiger partial charge in [-0.2, -0.15) is 0 Å². The first kappa shape index (κ1) is 11.6. The molecular formula is C13H17FO2. The Morgan fingerprint density at radius 1 is 1.50 bits per heavy atom. The van der Waals surface area contributed by atoms with Gasteiger partial charge in [0.25, 0.3) is 0 Å². The normalized spacial score (nSPS) is 30.3. The van der Waals surface area contributed by atoms with E-state index in [-0.39, 0.29) is 11.9 Å². The van der Waals surface area contributed by atoms with Crippen molar-refractivity contribution >= 4 is 0 Å². The predicted molar refractivity (Wildman–Crippen MR) is 59.6 cm³/mol. The van der Waals surface area contributed by atoms with Crippen LogP contribution in [0.1, 0.15) is 31.7 Å². The minimum atomic E-state index is -1.07. The Morgan fingerprint density at radius 3 is 2.94 bits per heavy atom. The summed E-state index contributed by atoms with van der Waals surface area (Å²) in [6.07, 6.45) is 1.81. The quantitative estimate of drug-likeness (QED) is 0.836. The summed E-state index contributed by atoms with van der Waals surface area (Å²) in [5.74, 6) is -0.332. The molecule has 2 rings (SSSR count). The molecule has 88 valence electrons. The molecular weight excluding hydrogens is 207 g/mol. The molecule has 0 aromatic heterocycles. The summed E-state index contributed by atoms with van der Waals surface area (Å²) in [7, 11) is 0. The molecule has 0 radical (unpaired) electrons. The SMILES string of the molecule is CCC1CC(O)(c2ccccc2F)CCO1. The average Bonchev–Trinajstić information content (AvgIpc) is 2.29. The molecule has 1 N–H and O–H groups in total. The molecule has 1 aliphatic rings. The summed E-state index contributed by atoms with van der Waals surface area (Å²) in [5.41, 5.74) is -0.665. The molecule has 2 atom stereocenters. The molecule has 16 heavy (non-hydrogen) atoms. The van der Waals surface area contributed by atoms with Crippen LogP contribution in [0.2, 0.25) is 0 Å². The van der Waals surface area contributed by atoms with Crippen molar-refractivity contribution in [1.29, 1.82) is 0 Å². The van der Waals surface area contributed by atoms with Gasteiger partial charge in [0.15, 0.2) is 0 Å². The van der Waals surface area contributed by atoms with Crippen LogP contribution in [0.4, 0.5) is 4.39 Å². The zero-order chi connectivity index (χ0) is 11.6. The molecule has 1 heterocycles. The van der Waals surface area contributed by atoms with Crippen LogP contribution in [0, 0.1) is 5.82 Å². The van der Waals surface area contributed by atoms with Crippen molar-refractivity contribution in [2.24, 2.45) is 0 Å². The molecule has 1 aromatic rings. The highest BCUT2D eigenvalue weighted by Gasteiger charge is 2.37. The monoisotopic (exact) mass is 224 g/mol. The van der Waals surface area contributed by atoms with Crippen molar-refractivity contribution in [2.45, 2.75) is 37.9 Å². The van der Waals surface area contributed by atoms with E-state index < -0.39 is 5.60 Å². The molecule has 2 nitrogen and oxygen atoms in total. The van der Waals surface area contributed by atoms with Gasteiger partial charge >= 0.3 is 0 Å². The average molecular weight is 224 g/mol. The second-order valence-electron chi connectivity index (χ2n) is 4.37. The van der Waals surface area contributed by atoms with Crippen molar-refractivity contribution in [2.75, 3.05) is 6.61 Å². The van der Waals surface area contributed by atoms with Gasteiger partial charge in [-0.1, -0.05) is 25.1 Å². The fraction of sp³-hybridized carbons (Fsp3) is 0.538.